The third kappa shape index (κ3) is 3.93. The average molecular weight is 429 g/mol. The van der Waals surface area contributed by atoms with Crippen LogP contribution in [-0.4, -0.2) is 34.1 Å². The Morgan fingerprint density at radius 1 is 1.06 bits per heavy atom. The van der Waals surface area contributed by atoms with E-state index < -0.39 is 23.5 Å². The summed E-state index contributed by atoms with van der Waals surface area (Å²) in [5.74, 6) is -1.79. The summed E-state index contributed by atoms with van der Waals surface area (Å²) < 4.78 is 4.81. The smallest absolute Gasteiger partial charge is 0.333 e. The van der Waals surface area contributed by atoms with E-state index in [2.05, 4.69) is 15.3 Å². The van der Waals surface area contributed by atoms with Crippen LogP contribution in [0.25, 0.3) is 22.2 Å². The van der Waals surface area contributed by atoms with Gasteiger partial charge in [0.25, 0.3) is 5.91 Å². The SMILES string of the molecule is COC(=O)C(NC(=O)c1c(O)c(-c2ccccc2)nc2ccccc12)c1cc[nH]c(=O)c1. The highest BCUT2D eigenvalue weighted by atomic mass is 16.5. The second-order valence-electron chi connectivity index (χ2n) is 6.98. The van der Waals surface area contributed by atoms with Crippen LogP contribution >= 0.6 is 0 Å². The normalized spacial score (nSPS) is 11.7. The first kappa shape index (κ1) is 20.8. The average Bonchev–Trinajstić information content (AvgIpc) is 2.82. The number of nitrogens with zero attached hydrogens (tertiary/aromatic N) is 1. The fraction of sp³-hybridized carbons (Fsp3) is 0.0833. The Balaban J connectivity index is 1.84. The number of fused-ring (bicyclic) bond motifs is 1. The fourth-order valence-electron chi connectivity index (χ4n) is 3.47. The van der Waals surface area contributed by atoms with Crippen LogP contribution in [0.2, 0.25) is 0 Å². The second kappa shape index (κ2) is 8.73. The molecule has 3 N–H and O–H groups in total. The van der Waals surface area contributed by atoms with Gasteiger partial charge in [0, 0.05) is 23.2 Å². The van der Waals surface area contributed by atoms with Crippen molar-refractivity contribution in [2.45, 2.75) is 6.04 Å². The minimum Gasteiger partial charge on any atom is -0.505 e. The van der Waals surface area contributed by atoms with Crippen molar-refractivity contribution in [3.05, 3.63) is 94.4 Å². The lowest BCUT2D eigenvalue weighted by Crippen LogP contribution is -2.35. The van der Waals surface area contributed by atoms with Gasteiger partial charge in [-0.05, 0) is 17.7 Å². The van der Waals surface area contributed by atoms with Gasteiger partial charge in [0.2, 0.25) is 5.56 Å². The molecule has 0 bridgehead atoms. The van der Waals surface area contributed by atoms with Crippen LogP contribution in [0.15, 0.2) is 77.7 Å². The number of aromatic hydroxyl groups is 1. The van der Waals surface area contributed by atoms with Crippen LogP contribution in [0.1, 0.15) is 22.0 Å². The van der Waals surface area contributed by atoms with E-state index in [-0.39, 0.29) is 22.6 Å². The van der Waals surface area contributed by atoms with Crippen LogP contribution in [0.5, 0.6) is 5.75 Å². The van der Waals surface area contributed by atoms with Crippen LogP contribution < -0.4 is 10.9 Å². The number of amides is 1. The Morgan fingerprint density at radius 3 is 2.50 bits per heavy atom. The van der Waals surface area contributed by atoms with E-state index in [0.717, 1.165) is 0 Å². The quantitative estimate of drug-likeness (QED) is 0.420. The fourth-order valence-corrected chi connectivity index (χ4v) is 3.47. The zero-order valence-electron chi connectivity index (χ0n) is 17.0. The Morgan fingerprint density at radius 2 is 1.78 bits per heavy atom. The number of ether oxygens (including phenoxy) is 1. The lowest BCUT2D eigenvalue weighted by atomic mass is 10.0. The van der Waals surface area contributed by atoms with E-state index in [9.17, 15) is 19.5 Å². The highest BCUT2D eigenvalue weighted by Crippen LogP contribution is 2.35. The van der Waals surface area contributed by atoms with Gasteiger partial charge in [0.15, 0.2) is 11.8 Å². The number of hydrogen-bond acceptors (Lipinski definition) is 6. The van der Waals surface area contributed by atoms with Gasteiger partial charge in [-0.1, -0.05) is 48.5 Å². The van der Waals surface area contributed by atoms with Crippen molar-refractivity contribution in [2.24, 2.45) is 0 Å². The number of hydrogen-bond donors (Lipinski definition) is 3. The van der Waals surface area contributed by atoms with Gasteiger partial charge in [0.1, 0.15) is 5.69 Å². The Labute approximate surface area is 182 Å². The molecule has 0 radical (unpaired) electrons. The first-order valence-corrected chi connectivity index (χ1v) is 9.74. The summed E-state index contributed by atoms with van der Waals surface area (Å²) in [5.41, 5.74) is 1.14. The first-order chi connectivity index (χ1) is 15.5. The van der Waals surface area contributed by atoms with Gasteiger partial charge in [-0.25, -0.2) is 9.78 Å². The maximum atomic E-state index is 13.4. The van der Waals surface area contributed by atoms with Gasteiger partial charge in [-0.15, -0.1) is 0 Å². The summed E-state index contributed by atoms with van der Waals surface area (Å²) in [6.07, 6.45) is 1.37. The molecule has 0 saturated carbocycles. The monoisotopic (exact) mass is 429 g/mol. The summed E-state index contributed by atoms with van der Waals surface area (Å²) in [5, 5.41) is 14.0. The van der Waals surface area contributed by atoms with E-state index in [1.807, 2.05) is 6.07 Å². The number of pyridine rings is 2. The molecule has 0 fully saturated rings. The molecule has 160 valence electrons. The van der Waals surface area contributed by atoms with E-state index in [1.54, 1.807) is 48.5 Å². The third-order valence-corrected chi connectivity index (χ3v) is 4.99. The number of carbonyl (C=O) groups is 2. The van der Waals surface area contributed by atoms with Crippen LogP contribution in [0.4, 0.5) is 0 Å². The number of esters is 1. The molecule has 1 atom stereocenters. The number of nitrogens with one attached hydrogen (secondary N) is 2. The lowest BCUT2D eigenvalue weighted by Gasteiger charge is -2.18. The summed E-state index contributed by atoms with van der Waals surface area (Å²) in [6, 6.07) is 17.3. The van der Waals surface area contributed by atoms with Crippen molar-refractivity contribution in [2.75, 3.05) is 7.11 Å². The summed E-state index contributed by atoms with van der Waals surface area (Å²) in [4.78, 5) is 44.5. The number of para-hydroxylation sites is 1. The van der Waals surface area contributed by atoms with Crippen molar-refractivity contribution in [3.8, 4) is 17.0 Å². The number of aromatic amines is 1. The number of H-pyrrole nitrogens is 1. The van der Waals surface area contributed by atoms with Gasteiger partial charge >= 0.3 is 5.97 Å². The van der Waals surface area contributed by atoms with E-state index in [1.165, 1.54) is 25.4 Å². The zero-order chi connectivity index (χ0) is 22.7. The maximum Gasteiger partial charge on any atom is 0.333 e. The molecule has 0 aliphatic heterocycles. The van der Waals surface area contributed by atoms with Gasteiger partial charge in [0.05, 0.1) is 18.2 Å². The van der Waals surface area contributed by atoms with E-state index in [0.29, 0.717) is 16.5 Å². The van der Waals surface area contributed by atoms with Gasteiger partial charge < -0.3 is 20.1 Å². The van der Waals surface area contributed by atoms with Crippen molar-refractivity contribution >= 4 is 22.8 Å². The highest BCUT2D eigenvalue weighted by molar-refractivity contribution is 6.11. The standard InChI is InChI=1S/C24H19N3O5/c1-32-24(31)21(15-11-12-25-18(28)13-15)27-23(30)19-16-9-5-6-10-17(16)26-20(22(19)29)14-7-3-2-4-8-14/h2-13,21,29H,1H3,(H,25,28)(H,27,30). The largest absolute Gasteiger partial charge is 0.505 e. The van der Waals surface area contributed by atoms with E-state index >= 15 is 0 Å². The number of carbonyl (C=O) groups excluding carboxylic acids is 2. The summed E-state index contributed by atoms with van der Waals surface area (Å²) in [6.45, 7) is 0. The topological polar surface area (TPSA) is 121 Å². The Hall–Kier alpha value is -4.46. The molecule has 0 spiro atoms. The molecule has 0 aliphatic carbocycles. The second-order valence-corrected chi connectivity index (χ2v) is 6.98. The predicted octanol–water partition coefficient (Wildman–Crippen LogP) is 2.94. The Bertz CT molecular complexity index is 1370. The molecule has 4 aromatic rings. The number of benzene rings is 2. The molecule has 4 rings (SSSR count). The molecule has 32 heavy (non-hydrogen) atoms. The van der Waals surface area contributed by atoms with Crippen LogP contribution in [0, 0.1) is 0 Å². The Kier molecular flexibility index (Phi) is 5.67. The molecule has 2 aromatic carbocycles. The van der Waals surface area contributed by atoms with Crippen LogP contribution in [0.3, 0.4) is 0 Å². The molecule has 1 amide bonds. The predicted molar refractivity (Wildman–Crippen MR) is 118 cm³/mol. The molecule has 2 heterocycles. The van der Waals surface area contributed by atoms with Crippen molar-refractivity contribution < 1.29 is 19.4 Å². The summed E-state index contributed by atoms with van der Waals surface area (Å²) in [7, 11) is 1.18. The zero-order valence-corrected chi connectivity index (χ0v) is 17.0. The van der Waals surface area contributed by atoms with Crippen molar-refractivity contribution in [1.82, 2.24) is 15.3 Å². The maximum absolute atomic E-state index is 13.4. The number of methoxy groups -OCH3 is 1. The molecule has 1 unspecified atom stereocenters. The molecule has 0 saturated heterocycles. The van der Waals surface area contributed by atoms with E-state index in [4.69, 9.17) is 4.74 Å². The minimum atomic E-state index is -1.25. The molecular formula is C24H19N3O5. The van der Waals surface area contributed by atoms with Gasteiger partial charge in [-0.2, -0.15) is 0 Å². The third-order valence-electron chi connectivity index (χ3n) is 4.99. The molecule has 8 heteroatoms. The molecular weight excluding hydrogens is 410 g/mol. The van der Waals surface area contributed by atoms with Crippen LogP contribution in [-0.2, 0) is 9.53 Å². The van der Waals surface area contributed by atoms with Crippen molar-refractivity contribution in [3.63, 3.8) is 0 Å². The highest BCUT2D eigenvalue weighted by Gasteiger charge is 2.28. The van der Waals surface area contributed by atoms with Gasteiger partial charge in [-0.3, -0.25) is 9.59 Å². The number of aromatic nitrogens is 2. The summed E-state index contributed by atoms with van der Waals surface area (Å²) >= 11 is 0. The lowest BCUT2D eigenvalue weighted by molar-refractivity contribution is -0.143. The molecule has 8 nitrogen and oxygen atoms in total. The first-order valence-electron chi connectivity index (χ1n) is 9.74. The molecule has 2 aromatic heterocycles. The molecule has 0 aliphatic rings. The minimum absolute atomic E-state index is 0.0341. The van der Waals surface area contributed by atoms with Crippen molar-refractivity contribution in [1.29, 1.82) is 0 Å². The number of rotatable bonds is 5.